The molecule has 0 spiro atoms. The summed E-state index contributed by atoms with van der Waals surface area (Å²) in [5.41, 5.74) is 2.23. The number of nitrogens with two attached hydrogens (primary N) is 1. The van der Waals surface area contributed by atoms with Crippen molar-refractivity contribution in [3.63, 3.8) is 0 Å². The molecule has 3 aliphatic carbocycles. The van der Waals surface area contributed by atoms with Crippen LogP contribution in [0.5, 0.6) is 5.75 Å². The smallest absolute Gasteiger partial charge is 0.255 e. The van der Waals surface area contributed by atoms with Gasteiger partial charge in [-0.25, -0.2) is 0 Å². The number of carbonyl (C=O) groups is 3. The number of benzene rings is 1. The van der Waals surface area contributed by atoms with Crippen LogP contribution in [-0.2, 0) is 20.9 Å². The van der Waals surface area contributed by atoms with Crippen molar-refractivity contribution >= 4 is 23.2 Å². The lowest BCUT2D eigenvalue weighted by Gasteiger charge is -2.50. The maximum absolute atomic E-state index is 13.7. The number of carbonyl (C=O) groups excluding carboxylic acids is 3. The van der Waals surface area contributed by atoms with Gasteiger partial charge < -0.3 is 31.3 Å². The van der Waals surface area contributed by atoms with Crippen molar-refractivity contribution in [3.8, 4) is 5.75 Å². The molecule has 36 heavy (non-hydrogen) atoms. The summed E-state index contributed by atoms with van der Waals surface area (Å²) < 4.78 is 0. The molecular formula is C26H30N2O8. The molecule has 1 aromatic rings. The summed E-state index contributed by atoms with van der Waals surface area (Å²) >= 11 is 0. The van der Waals surface area contributed by atoms with E-state index in [9.17, 15) is 39.9 Å². The van der Waals surface area contributed by atoms with Crippen molar-refractivity contribution in [2.45, 2.75) is 56.8 Å². The van der Waals surface area contributed by atoms with Crippen molar-refractivity contribution in [2.75, 3.05) is 13.1 Å². The monoisotopic (exact) mass is 498 g/mol. The normalized spacial score (nSPS) is 32.8. The second-order valence-corrected chi connectivity index (χ2v) is 10.4. The number of phenolic OH excluding ortho intramolecular Hbond substituents is 1. The Morgan fingerprint density at radius 3 is 2.44 bits per heavy atom. The molecule has 1 amide bonds. The maximum Gasteiger partial charge on any atom is 0.255 e. The number of piperidine rings is 1. The predicted octanol–water partition coefficient (Wildman–Crippen LogP) is 0.942. The SMILES string of the molecule is C[C@H]1c2ccc(CN3CCCCC3)c(O)c2C(O)=C2C(=O)[C@]3(O)C(O)=C(C(N)=O)C(=O)C[C@@H]3[C@@H](O)[C@@H]21. The van der Waals surface area contributed by atoms with Gasteiger partial charge in [-0.1, -0.05) is 25.5 Å². The van der Waals surface area contributed by atoms with Crippen molar-refractivity contribution < 1.29 is 39.9 Å². The molecule has 1 heterocycles. The Hall–Kier alpha value is -3.21. The Labute approximate surface area is 207 Å². The minimum atomic E-state index is -2.82. The van der Waals surface area contributed by atoms with E-state index in [0.29, 0.717) is 17.7 Å². The summed E-state index contributed by atoms with van der Waals surface area (Å²) in [7, 11) is 0. The number of hydrogen-bond acceptors (Lipinski definition) is 9. The zero-order chi connectivity index (χ0) is 26.1. The molecule has 1 aromatic carbocycles. The highest BCUT2D eigenvalue weighted by atomic mass is 16.4. The van der Waals surface area contributed by atoms with Crippen LogP contribution in [0, 0.1) is 11.8 Å². The van der Waals surface area contributed by atoms with Gasteiger partial charge in [-0.05, 0) is 37.4 Å². The third-order valence-electron chi connectivity index (χ3n) is 8.43. The number of primary amides is 1. The van der Waals surface area contributed by atoms with Crippen molar-refractivity contribution in [3.05, 3.63) is 45.7 Å². The molecule has 10 heteroatoms. The van der Waals surface area contributed by atoms with Gasteiger partial charge >= 0.3 is 0 Å². The maximum atomic E-state index is 13.7. The Kier molecular flexibility index (Phi) is 5.73. The average Bonchev–Trinajstić information content (AvgIpc) is 2.83. The van der Waals surface area contributed by atoms with E-state index in [1.54, 1.807) is 19.1 Å². The van der Waals surface area contributed by atoms with Crippen LogP contribution in [0.1, 0.15) is 55.2 Å². The number of likely N-dealkylation sites (tertiary alicyclic amines) is 1. The second kappa shape index (κ2) is 8.43. The molecule has 1 saturated heterocycles. The zero-order valence-electron chi connectivity index (χ0n) is 19.9. The largest absolute Gasteiger partial charge is 0.508 e. The molecule has 2 fully saturated rings. The van der Waals surface area contributed by atoms with E-state index >= 15 is 0 Å². The second-order valence-electron chi connectivity index (χ2n) is 10.4. The number of aliphatic hydroxyl groups excluding tert-OH is 3. The van der Waals surface area contributed by atoms with E-state index in [4.69, 9.17) is 5.73 Å². The molecule has 10 nitrogen and oxygen atoms in total. The minimum Gasteiger partial charge on any atom is -0.508 e. The van der Waals surface area contributed by atoms with Gasteiger partial charge in [0, 0.05) is 35.9 Å². The van der Waals surface area contributed by atoms with Crippen LogP contribution in [0.2, 0.25) is 0 Å². The predicted molar refractivity (Wildman–Crippen MR) is 127 cm³/mol. The number of fused-ring (bicyclic) bond motifs is 3. The standard InChI is InChI=1S/C26H30N2O8/c1-11-13-6-5-12(10-28-7-3-2-4-8-28)20(30)17(13)22(32)19-16(11)21(31)14-9-15(29)18(25(27)35)23(33)26(14,36)24(19)34/h5-6,11,14,16,21,30-33,36H,2-4,7-10H2,1H3,(H2,27,35)/t11-,14+,16+,21+,26+/m0/s1. The summed E-state index contributed by atoms with van der Waals surface area (Å²) in [6.07, 6.45) is 1.15. The van der Waals surface area contributed by atoms with Gasteiger partial charge in [-0.2, -0.15) is 0 Å². The first-order valence-corrected chi connectivity index (χ1v) is 12.2. The highest BCUT2D eigenvalue weighted by Gasteiger charge is 2.64. The molecule has 0 bridgehead atoms. The highest BCUT2D eigenvalue weighted by Crippen LogP contribution is 2.55. The Morgan fingerprint density at radius 1 is 1.14 bits per heavy atom. The molecule has 1 saturated carbocycles. The average molecular weight is 499 g/mol. The van der Waals surface area contributed by atoms with Crippen molar-refractivity contribution in [2.24, 2.45) is 17.6 Å². The number of rotatable bonds is 3. The molecule has 0 unspecified atom stereocenters. The number of nitrogens with zero attached hydrogens (tertiary/aromatic N) is 1. The molecule has 0 aromatic heterocycles. The highest BCUT2D eigenvalue weighted by molar-refractivity contribution is 6.23. The van der Waals surface area contributed by atoms with Crippen LogP contribution in [0.25, 0.3) is 5.76 Å². The van der Waals surface area contributed by atoms with Crippen LogP contribution in [0.15, 0.2) is 29.0 Å². The quantitative estimate of drug-likeness (QED) is 0.330. The lowest BCUT2D eigenvalue weighted by molar-refractivity contribution is -0.160. The number of amides is 1. The fraction of sp³-hybridized carbons (Fsp3) is 0.500. The van der Waals surface area contributed by atoms with E-state index in [-0.39, 0.29) is 16.9 Å². The molecule has 0 radical (unpaired) electrons. The number of aromatic hydroxyl groups is 1. The lowest BCUT2D eigenvalue weighted by Crippen LogP contribution is -2.63. The number of ketones is 2. The molecular weight excluding hydrogens is 468 g/mol. The molecule has 192 valence electrons. The lowest BCUT2D eigenvalue weighted by atomic mass is 9.55. The Balaban J connectivity index is 1.65. The summed E-state index contributed by atoms with van der Waals surface area (Å²) in [5.74, 6) is -8.40. The Morgan fingerprint density at radius 2 is 1.81 bits per heavy atom. The number of aliphatic hydroxyl groups is 4. The molecule has 7 N–H and O–H groups in total. The van der Waals surface area contributed by atoms with E-state index in [2.05, 4.69) is 4.90 Å². The van der Waals surface area contributed by atoms with Crippen LogP contribution < -0.4 is 5.73 Å². The minimum absolute atomic E-state index is 0.0383. The van der Waals surface area contributed by atoms with E-state index in [0.717, 1.165) is 32.4 Å². The van der Waals surface area contributed by atoms with Gasteiger partial charge in [0.2, 0.25) is 5.78 Å². The van der Waals surface area contributed by atoms with Crippen LogP contribution in [0.3, 0.4) is 0 Å². The summed E-state index contributed by atoms with van der Waals surface area (Å²) in [4.78, 5) is 40.2. The van der Waals surface area contributed by atoms with Gasteiger partial charge in [0.15, 0.2) is 11.4 Å². The van der Waals surface area contributed by atoms with Gasteiger partial charge in [0.25, 0.3) is 5.91 Å². The summed E-state index contributed by atoms with van der Waals surface area (Å²) in [6, 6.07) is 3.52. The first kappa shape index (κ1) is 24.5. The fourth-order valence-corrected chi connectivity index (χ4v) is 6.53. The van der Waals surface area contributed by atoms with E-state index in [1.807, 2.05) is 0 Å². The number of Topliss-reactive ketones (excluding diaryl/α,β-unsaturated/α-hetero) is 2. The Bertz CT molecular complexity index is 1240. The summed E-state index contributed by atoms with van der Waals surface area (Å²) in [5, 5.41) is 55.8. The van der Waals surface area contributed by atoms with E-state index in [1.165, 1.54) is 0 Å². The van der Waals surface area contributed by atoms with Gasteiger partial charge in [-0.15, -0.1) is 0 Å². The van der Waals surface area contributed by atoms with Crippen LogP contribution in [0.4, 0.5) is 0 Å². The molecule has 1 aliphatic heterocycles. The third-order valence-corrected chi connectivity index (χ3v) is 8.43. The van der Waals surface area contributed by atoms with Crippen LogP contribution >= 0.6 is 0 Å². The number of phenols is 1. The number of hydrogen-bond donors (Lipinski definition) is 6. The van der Waals surface area contributed by atoms with Crippen molar-refractivity contribution in [1.82, 2.24) is 4.90 Å². The first-order chi connectivity index (χ1) is 17.0. The van der Waals surface area contributed by atoms with Gasteiger partial charge in [0.1, 0.15) is 22.8 Å². The van der Waals surface area contributed by atoms with Gasteiger partial charge in [-0.3, -0.25) is 19.3 Å². The first-order valence-electron chi connectivity index (χ1n) is 12.2. The van der Waals surface area contributed by atoms with E-state index < -0.39 is 70.4 Å². The third kappa shape index (κ3) is 3.24. The topological polar surface area (TPSA) is 182 Å². The summed E-state index contributed by atoms with van der Waals surface area (Å²) in [6.45, 7) is 3.94. The zero-order valence-corrected chi connectivity index (χ0v) is 19.9. The van der Waals surface area contributed by atoms with Crippen molar-refractivity contribution in [1.29, 1.82) is 0 Å². The fourth-order valence-electron chi connectivity index (χ4n) is 6.53. The van der Waals surface area contributed by atoms with Gasteiger partial charge in [0.05, 0.1) is 11.7 Å². The molecule has 5 atom stereocenters. The molecule has 4 aliphatic rings. The molecule has 5 rings (SSSR count). The van der Waals surface area contributed by atoms with Crippen LogP contribution in [-0.4, -0.2) is 72.7 Å².